The molecule has 21 heavy (non-hydrogen) atoms. The molecule has 0 saturated heterocycles. The molecule has 0 aliphatic carbocycles. The first-order valence-electron chi connectivity index (χ1n) is 7.24. The highest BCUT2D eigenvalue weighted by Gasteiger charge is 2.21. The molecule has 1 aromatic carbocycles. The number of benzene rings is 1. The van der Waals surface area contributed by atoms with E-state index in [1.54, 1.807) is 6.07 Å². The van der Waals surface area contributed by atoms with Crippen molar-refractivity contribution in [2.45, 2.75) is 19.3 Å². The maximum absolute atomic E-state index is 11.3. The van der Waals surface area contributed by atoms with Crippen LogP contribution in [0.15, 0.2) is 30.5 Å². The summed E-state index contributed by atoms with van der Waals surface area (Å²) in [7, 11) is 1.95. The molecule has 5 nitrogen and oxygen atoms in total. The first-order valence-corrected chi connectivity index (χ1v) is 7.24. The molecule has 0 saturated carbocycles. The Morgan fingerprint density at radius 3 is 2.95 bits per heavy atom. The number of aromatic nitrogens is 2. The van der Waals surface area contributed by atoms with Crippen LogP contribution in [-0.4, -0.2) is 33.9 Å². The molecule has 0 atom stereocenters. The minimum atomic E-state index is -0.833. The lowest BCUT2D eigenvalue weighted by Crippen LogP contribution is -2.32. The van der Waals surface area contributed by atoms with Crippen molar-refractivity contribution in [1.29, 1.82) is 0 Å². The van der Waals surface area contributed by atoms with Crippen molar-refractivity contribution in [3.63, 3.8) is 0 Å². The fraction of sp³-hybridized carbons (Fsp3) is 0.375. The summed E-state index contributed by atoms with van der Waals surface area (Å²) < 4.78 is 1.89. The molecule has 3 rings (SSSR count). The van der Waals surface area contributed by atoms with Gasteiger partial charge in [0.2, 0.25) is 0 Å². The molecule has 1 aliphatic heterocycles. The molecule has 0 fully saturated rings. The summed E-state index contributed by atoms with van der Waals surface area (Å²) in [5.41, 5.74) is 3.68. The molecule has 110 valence electrons. The lowest BCUT2D eigenvalue weighted by molar-refractivity contribution is 0.0695. The van der Waals surface area contributed by atoms with Gasteiger partial charge in [-0.3, -0.25) is 4.68 Å². The second-order valence-electron chi connectivity index (χ2n) is 5.40. The van der Waals surface area contributed by atoms with Crippen molar-refractivity contribution >= 4 is 11.7 Å². The number of aryl methyl sites for hydroxylation is 1. The molecular formula is C16H19N3O2. The summed E-state index contributed by atoms with van der Waals surface area (Å²) >= 11 is 0. The largest absolute Gasteiger partial charge is 0.478 e. The fourth-order valence-corrected chi connectivity index (χ4v) is 3.03. The van der Waals surface area contributed by atoms with E-state index >= 15 is 0 Å². The Balaban J connectivity index is 1.82. The average molecular weight is 285 g/mol. The summed E-state index contributed by atoms with van der Waals surface area (Å²) in [6.07, 6.45) is 4.57. The maximum Gasteiger partial charge on any atom is 0.336 e. The summed E-state index contributed by atoms with van der Waals surface area (Å²) in [6, 6.07) is 7.60. The number of carboxylic acids is 1. The lowest BCUT2D eigenvalue weighted by Gasteiger charge is -2.32. The first kappa shape index (κ1) is 13.7. The molecule has 0 radical (unpaired) electrons. The van der Waals surface area contributed by atoms with Gasteiger partial charge in [-0.25, -0.2) is 4.79 Å². The molecule has 2 heterocycles. The zero-order valence-corrected chi connectivity index (χ0v) is 12.1. The van der Waals surface area contributed by atoms with Gasteiger partial charge in [-0.15, -0.1) is 0 Å². The Labute approximate surface area is 123 Å². The van der Waals surface area contributed by atoms with E-state index in [0.29, 0.717) is 5.56 Å². The third-order valence-electron chi connectivity index (χ3n) is 4.14. The van der Waals surface area contributed by atoms with Crippen molar-refractivity contribution in [2.24, 2.45) is 7.05 Å². The van der Waals surface area contributed by atoms with Crippen molar-refractivity contribution in [3.8, 4) is 0 Å². The van der Waals surface area contributed by atoms with E-state index in [4.69, 9.17) is 0 Å². The van der Waals surface area contributed by atoms with Crippen LogP contribution in [0.1, 0.15) is 28.0 Å². The number of anilines is 1. The maximum atomic E-state index is 11.3. The highest BCUT2D eigenvalue weighted by molar-refractivity contribution is 5.91. The number of carbonyl (C=O) groups is 1. The summed E-state index contributed by atoms with van der Waals surface area (Å²) in [5.74, 6) is -0.833. The van der Waals surface area contributed by atoms with Crippen LogP contribution >= 0.6 is 0 Å². The lowest BCUT2D eigenvalue weighted by atomic mass is 9.96. The molecule has 1 N–H and O–H groups in total. The van der Waals surface area contributed by atoms with Crippen LogP contribution in [0.5, 0.6) is 0 Å². The number of nitrogens with zero attached hydrogens (tertiary/aromatic N) is 3. The van der Waals surface area contributed by atoms with Gasteiger partial charge in [0.25, 0.3) is 0 Å². The van der Waals surface area contributed by atoms with Gasteiger partial charge in [-0.2, -0.15) is 5.10 Å². The summed E-state index contributed by atoms with van der Waals surface area (Å²) in [5, 5.41) is 13.5. The molecule has 1 aromatic heterocycles. The van der Waals surface area contributed by atoms with Crippen LogP contribution in [-0.2, 0) is 19.9 Å². The minimum absolute atomic E-state index is 0.442. The smallest absolute Gasteiger partial charge is 0.336 e. The van der Waals surface area contributed by atoms with E-state index in [2.05, 4.69) is 10.00 Å². The van der Waals surface area contributed by atoms with E-state index < -0.39 is 5.97 Å². The van der Waals surface area contributed by atoms with Crippen molar-refractivity contribution in [2.75, 3.05) is 18.0 Å². The van der Waals surface area contributed by atoms with E-state index in [1.807, 2.05) is 36.1 Å². The van der Waals surface area contributed by atoms with Gasteiger partial charge in [0, 0.05) is 44.1 Å². The van der Waals surface area contributed by atoms with Gasteiger partial charge in [-0.1, -0.05) is 6.07 Å². The molecular weight excluding hydrogens is 266 g/mol. The topological polar surface area (TPSA) is 58.4 Å². The number of rotatable bonds is 4. The van der Waals surface area contributed by atoms with Crippen LogP contribution in [0.3, 0.4) is 0 Å². The minimum Gasteiger partial charge on any atom is -0.478 e. The predicted molar refractivity (Wildman–Crippen MR) is 80.8 cm³/mol. The highest BCUT2D eigenvalue weighted by atomic mass is 16.4. The normalized spacial score (nSPS) is 14.0. The number of hydrogen-bond acceptors (Lipinski definition) is 3. The monoisotopic (exact) mass is 285 g/mol. The zero-order valence-electron chi connectivity index (χ0n) is 12.1. The Bertz CT molecular complexity index is 663. The standard InChI is InChI=1S/C16H19N3O2/c1-18-12(7-9-17-18)8-11-19-10-3-5-13-14(16(20)21)4-2-6-15(13)19/h2,4,6-7,9H,3,5,8,10-11H2,1H3,(H,20,21). The van der Waals surface area contributed by atoms with E-state index in [-0.39, 0.29) is 0 Å². The van der Waals surface area contributed by atoms with Gasteiger partial charge >= 0.3 is 5.97 Å². The van der Waals surface area contributed by atoms with E-state index in [9.17, 15) is 9.90 Å². The molecule has 0 amide bonds. The molecule has 0 unspecified atom stereocenters. The average Bonchev–Trinajstić information content (AvgIpc) is 2.89. The van der Waals surface area contributed by atoms with Gasteiger partial charge in [0.05, 0.1) is 5.56 Å². The molecule has 5 heteroatoms. The van der Waals surface area contributed by atoms with Gasteiger partial charge in [0.1, 0.15) is 0 Å². The number of hydrogen-bond donors (Lipinski definition) is 1. The first-order chi connectivity index (χ1) is 10.2. The SMILES string of the molecule is Cn1nccc1CCN1CCCc2c(C(=O)O)cccc21. The van der Waals surface area contributed by atoms with Crippen LogP contribution in [0.25, 0.3) is 0 Å². The van der Waals surface area contributed by atoms with Crippen molar-refractivity contribution in [3.05, 3.63) is 47.3 Å². The molecule has 0 spiro atoms. The third-order valence-corrected chi connectivity index (χ3v) is 4.14. The van der Waals surface area contributed by atoms with Crippen LogP contribution in [0.2, 0.25) is 0 Å². The highest BCUT2D eigenvalue weighted by Crippen LogP contribution is 2.30. The Morgan fingerprint density at radius 2 is 2.24 bits per heavy atom. The number of carboxylic acid groups (broad SMARTS) is 1. The zero-order chi connectivity index (χ0) is 14.8. The fourth-order valence-electron chi connectivity index (χ4n) is 3.03. The second kappa shape index (κ2) is 5.60. The van der Waals surface area contributed by atoms with Crippen LogP contribution in [0, 0.1) is 0 Å². The van der Waals surface area contributed by atoms with Gasteiger partial charge in [-0.05, 0) is 36.6 Å². The van der Waals surface area contributed by atoms with Crippen LogP contribution < -0.4 is 4.90 Å². The predicted octanol–water partition coefficient (Wildman–Crippen LogP) is 2.11. The van der Waals surface area contributed by atoms with Crippen molar-refractivity contribution in [1.82, 2.24) is 9.78 Å². The number of aromatic carboxylic acids is 1. The van der Waals surface area contributed by atoms with E-state index in [1.165, 1.54) is 5.69 Å². The second-order valence-corrected chi connectivity index (χ2v) is 5.40. The van der Waals surface area contributed by atoms with Crippen LogP contribution in [0.4, 0.5) is 5.69 Å². The summed E-state index contributed by atoms with van der Waals surface area (Å²) in [6.45, 7) is 1.86. The molecule has 0 bridgehead atoms. The van der Waals surface area contributed by atoms with E-state index in [0.717, 1.165) is 43.6 Å². The van der Waals surface area contributed by atoms with Gasteiger partial charge < -0.3 is 10.0 Å². The Hall–Kier alpha value is -2.30. The van der Waals surface area contributed by atoms with Crippen molar-refractivity contribution < 1.29 is 9.90 Å². The Kier molecular flexibility index (Phi) is 3.64. The molecule has 2 aromatic rings. The third kappa shape index (κ3) is 2.63. The molecule has 1 aliphatic rings. The Morgan fingerprint density at radius 1 is 1.38 bits per heavy atom. The number of fused-ring (bicyclic) bond motifs is 1. The summed E-state index contributed by atoms with van der Waals surface area (Å²) in [4.78, 5) is 13.6. The van der Waals surface area contributed by atoms with Gasteiger partial charge in [0.15, 0.2) is 0 Å². The quantitative estimate of drug-likeness (QED) is 0.934.